The number of hydrogen-bond acceptors (Lipinski definition) is 4. The highest BCUT2D eigenvalue weighted by atomic mass is 16.5. The van der Waals surface area contributed by atoms with Crippen LogP contribution in [-0.4, -0.2) is 60.8 Å². The molecule has 1 saturated heterocycles. The maximum Gasteiger partial charge on any atom is 0.223 e. The van der Waals surface area contributed by atoms with Gasteiger partial charge >= 0.3 is 0 Å². The average molecular weight is 395 g/mol. The molecule has 2 fully saturated rings. The number of amides is 1. The van der Waals surface area contributed by atoms with Crippen LogP contribution >= 0.6 is 0 Å². The van der Waals surface area contributed by atoms with Gasteiger partial charge in [-0.05, 0) is 41.8 Å². The van der Waals surface area contributed by atoms with E-state index in [9.17, 15) is 9.59 Å². The monoisotopic (exact) mass is 394 g/mol. The van der Waals surface area contributed by atoms with Gasteiger partial charge in [0.05, 0.1) is 7.11 Å². The molecular weight excluding hydrogens is 364 g/mol. The summed E-state index contributed by atoms with van der Waals surface area (Å²) in [5.41, 5.74) is 0.668. The van der Waals surface area contributed by atoms with Gasteiger partial charge in [0.1, 0.15) is 5.75 Å². The third kappa shape index (κ3) is 4.61. The van der Waals surface area contributed by atoms with Gasteiger partial charge in [-0.2, -0.15) is 0 Å². The van der Waals surface area contributed by atoms with Gasteiger partial charge in [-0.3, -0.25) is 14.5 Å². The molecule has 5 heteroatoms. The second kappa shape index (κ2) is 8.95. The van der Waals surface area contributed by atoms with Crippen LogP contribution in [0.4, 0.5) is 0 Å². The predicted octanol–water partition coefficient (Wildman–Crippen LogP) is 3.90. The Morgan fingerprint density at radius 3 is 2.34 bits per heavy atom. The smallest absolute Gasteiger partial charge is 0.223 e. The Labute approximate surface area is 172 Å². The molecule has 4 rings (SSSR count). The summed E-state index contributed by atoms with van der Waals surface area (Å²) in [6.07, 6.45) is 5.86. The molecule has 2 aromatic carbocycles. The zero-order valence-electron chi connectivity index (χ0n) is 17.2. The van der Waals surface area contributed by atoms with Gasteiger partial charge in [0.15, 0.2) is 5.78 Å². The van der Waals surface area contributed by atoms with Gasteiger partial charge in [0.25, 0.3) is 0 Å². The minimum Gasteiger partial charge on any atom is -0.497 e. The largest absolute Gasteiger partial charge is 0.497 e. The summed E-state index contributed by atoms with van der Waals surface area (Å²) in [5, 5.41) is 2.04. The maximum atomic E-state index is 12.6. The van der Waals surface area contributed by atoms with Gasteiger partial charge < -0.3 is 9.64 Å². The lowest BCUT2D eigenvalue weighted by Crippen LogP contribution is -2.51. The number of nitrogens with zero attached hydrogens (tertiary/aromatic N) is 2. The molecule has 0 spiro atoms. The van der Waals surface area contributed by atoms with E-state index in [1.165, 1.54) is 25.7 Å². The maximum absolute atomic E-state index is 12.6. The van der Waals surface area contributed by atoms with Crippen molar-refractivity contribution in [1.82, 2.24) is 9.80 Å². The highest BCUT2D eigenvalue weighted by molar-refractivity contribution is 6.01. The minimum absolute atomic E-state index is 0.0284. The van der Waals surface area contributed by atoms with E-state index in [4.69, 9.17) is 4.74 Å². The predicted molar refractivity (Wildman–Crippen MR) is 114 cm³/mol. The lowest BCUT2D eigenvalue weighted by atomic mass is 10.0. The molecule has 1 aliphatic carbocycles. The summed E-state index contributed by atoms with van der Waals surface area (Å²) in [7, 11) is 1.64. The molecule has 5 nitrogen and oxygen atoms in total. The number of fused-ring (bicyclic) bond motifs is 1. The average Bonchev–Trinajstić information content (AvgIpc) is 3.31. The second-order valence-electron chi connectivity index (χ2n) is 8.21. The zero-order chi connectivity index (χ0) is 20.2. The first-order valence-corrected chi connectivity index (χ1v) is 10.8. The highest BCUT2D eigenvalue weighted by Gasteiger charge is 2.27. The summed E-state index contributed by atoms with van der Waals surface area (Å²) in [6, 6.07) is 12.2. The molecule has 1 heterocycles. The Kier molecular flexibility index (Phi) is 6.14. The number of methoxy groups -OCH3 is 1. The normalized spacial score (nSPS) is 18.3. The third-order valence-corrected chi connectivity index (χ3v) is 6.44. The van der Waals surface area contributed by atoms with Crippen molar-refractivity contribution in [3.8, 4) is 5.75 Å². The number of benzene rings is 2. The summed E-state index contributed by atoms with van der Waals surface area (Å²) in [4.78, 5) is 29.7. The van der Waals surface area contributed by atoms with Crippen molar-refractivity contribution in [2.24, 2.45) is 0 Å². The van der Waals surface area contributed by atoms with E-state index in [0.29, 0.717) is 12.0 Å². The van der Waals surface area contributed by atoms with E-state index < -0.39 is 0 Å². The molecule has 1 saturated carbocycles. The van der Waals surface area contributed by atoms with Gasteiger partial charge in [0, 0.05) is 50.6 Å². The zero-order valence-corrected chi connectivity index (χ0v) is 17.2. The van der Waals surface area contributed by atoms with Crippen LogP contribution in [0.3, 0.4) is 0 Å². The molecule has 29 heavy (non-hydrogen) atoms. The van der Waals surface area contributed by atoms with Crippen LogP contribution in [-0.2, 0) is 4.79 Å². The van der Waals surface area contributed by atoms with Crippen LogP contribution in [0.1, 0.15) is 48.9 Å². The van der Waals surface area contributed by atoms with Gasteiger partial charge in [-0.1, -0.05) is 31.0 Å². The Bertz CT molecular complexity index is 881. The topological polar surface area (TPSA) is 49.9 Å². The van der Waals surface area contributed by atoms with Gasteiger partial charge in [-0.25, -0.2) is 0 Å². The lowest BCUT2D eigenvalue weighted by molar-refractivity contribution is -0.133. The van der Waals surface area contributed by atoms with Crippen molar-refractivity contribution in [3.63, 3.8) is 0 Å². The first kappa shape index (κ1) is 19.9. The summed E-state index contributed by atoms with van der Waals surface area (Å²) in [5.74, 6) is 0.936. The van der Waals surface area contributed by atoms with E-state index in [-0.39, 0.29) is 18.1 Å². The molecule has 0 radical (unpaired) electrons. The number of carbonyl (C=O) groups is 2. The number of ketones is 1. The molecular formula is C24H30N2O3. The SMILES string of the molecule is COc1ccc2cc(C(=O)CCC(=O)N3CCN(C4CCCC4)CC3)ccc2c1. The van der Waals surface area contributed by atoms with Crippen LogP contribution in [0.2, 0.25) is 0 Å². The third-order valence-electron chi connectivity index (χ3n) is 6.44. The van der Waals surface area contributed by atoms with E-state index >= 15 is 0 Å². The number of hydrogen-bond donors (Lipinski definition) is 0. The Hall–Kier alpha value is -2.40. The van der Waals surface area contributed by atoms with Crippen LogP contribution in [0.15, 0.2) is 36.4 Å². The molecule has 1 aliphatic heterocycles. The Morgan fingerprint density at radius 1 is 0.931 bits per heavy atom. The standard InChI is InChI=1S/C24H30N2O3/c1-29-22-9-8-18-16-20(7-6-19(18)17-22)23(27)10-11-24(28)26-14-12-25(13-15-26)21-4-2-3-5-21/h6-9,16-17,21H,2-5,10-15H2,1H3. The first-order chi connectivity index (χ1) is 14.1. The van der Waals surface area contributed by atoms with Crippen molar-refractivity contribution in [1.29, 1.82) is 0 Å². The Balaban J connectivity index is 1.29. The van der Waals surface area contributed by atoms with Crippen LogP contribution in [0, 0.1) is 0 Å². The van der Waals surface area contributed by atoms with E-state index in [0.717, 1.165) is 48.7 Å². The summed E-state index contributed by atoms with van der Waals surface area (Å²) in [6.45, 7) is 3.53. The number of carbonyl (C=O) groups excluding carboxylic acids is 2. The molecule has 1 amide bonds. The quantitative estimate of drug-likeness (QED) is 0.698. The van der Waals surface area contributed by atoms with Gasteiger partial charge in [0.2, 0.25) is 5.91 Å². The van der Waals surface area contributed by atoms with E-state index in [2.05, 4.69) is 4.90 Å². The first-order valence-electron chi connectivity index (χ1n) is 10.8. The van der Waals surface area contributed by atoms with E-state index in [1.807, 2.05) is 41.3 Å². The summed E-state index contributed by atoms with van der Waals surface area (Å²) >= 11 is 0. The van der Waals surface area contributed by atoms with Crippen LogP contribution in [0.5, 0.6) is 5.75 Å². The summed E-state index contributed by atoms with van der Waals surface area (Å²) < 4.78 is 5.25. The molecule has 0 bridgehead atoms. The molecule has 2 aliphatic rings. The molecule has 0 aromatic heterocycles. The fourth-order valence-electron chi connectivity index (χ4n) is 4.65. The second-order valence-corrected chi connectivity index (χ2v) is 8.21. The number of ether oxygens (including phenoxy) is 1. The fraction of sp³-hybridized carbons (Fsp3) is 0.500. The number of Topliss-reactive ketones (excluding diaryl/α,β-unsaturated/α-hetero) is 1. The van der Waals surface area contributed by atoms with Crippen LogP contribution in [0.25, 0.3) is 10.8 Å². The van der Waals surface area contributed by atoms with E-state index in [1.54, 1.807) is 7.11 Å². The molecule has 154 valence electrons. The number of rotatable bonds is 6. The van der Waals surface area contributed by atoms with Crippen molar-refractivity contribution in [2.75, 3.05) is 33.3 Å². The van der Waals surface area contributed by atoms with Crippen molar-refractivity contribution < 1.29 is 14.3 Å². The van der Waals surface area contributed by atoms with Crippen LogP contribution < -0.4 is 4.74 Å². The van der Waals surface area contributed by atoms with Crippen molar-refractivity contribution in [3.05, 3.63) is 42.0 Å². The molecule has 0 atom stereocenters. The van der Waals surface area contributed by atoms with Crippen molar-refractivity contribution >= 4 is 22.5 Å². The lowest BCUT2D eigenvalue weighted by Gasteiger charge is -2.38. The molecule has 0 unspecified atom stereocenters. The minimum atomic E-state index is 0.0284. The fourth-order valence-corrected chi connectivity index (χ4v) is 4.65. The molecule has 2 aromatic rings. The highest BCUT2D eigenvalue weighted by Crippen LogP contribution is 2.25. The number of piperazine rings is 1. The Morgan fingerprint density at radius 2 is 1.62 bits per heavy atom. The van der Waals surface area contributed by atoms with Gasteiger partial charge in [-0.15, -0.1) is 0 Å². The molecule has 0 N–H and O–H groups in total. The van der Waals surface area contributed by atoms with Crippen molar-refractivity contribution in [2.45, 2.75) is 44.6 Å².